The van der Waals surface area contributed by atoms with Crippen molar-refractivity contribution in [3.63, 3.8) is 0 Å². The average Bonchev–Trinajstić information content (AvgIpc) is 2.99. The summed E-state index contributed by atoms with van der Waals surface area (Å²) < 4.78 is 1.90. The van der Waals surface area contributed by atoms with Crippen molar-refractivity contribution in [2.75, 3.05) is 0 Å². The number of halogens is 1. The zero-order chi connectivity index (χ0) is 22.5. The van der Waals surface area contributed by atoms with Crippen molar-refractivity contribution in [3.05, 3.63) is 64.4 Å². The molecule has 0 spiro atoms. The van der Waals surface area contributed by atoms with Crippen molar-refractivity contribution in [1.29, 1.82) is 0 Å². The highest BCUT2D eigenvalue weighted by atomic mass is 35.5. The maximum atomic E-state index is 13.2. The molecule has 0 amide bonds. The van der Waals surface area contributed by atoms with Crippen LogP contribution in [0, 0.1) is 5.92 Å². The minimum absolute atomic E-state index is 0.0614. The highest BCUT2D eigenvalue weighted by Gasteiger charge is 2.24. The van der Waals surface area contributed by atoms with E-state index >= 15 is 0 Å². The van der Waals surface area contributed by atoms with Gasteiger partial charge in [0.15, 0.2) is 5.78 Å². The van der Waals surface area contributed by atoms with E-state index in [1.165, 1.54) is 0 Å². The molecule has 2 heterocycles. The number of aryl methyl sites for hydroxylation is 1. The second-order valence-electron chi connectivity index (χ2n) is 8.05. The first kappa shape index (κ1) is 23.0. The zero-order valence-corrected chi connectivity index (χ0v) is 18.5. The van der Waals surface area contributed by atoms with Gasteiger partial charge in [-0.15, -0.1) is 0 Å². The molecule has 2 aromatic heterocycles. The number of ketones is 1. The molecule has 31 heavy (non-hydrogen) atoms. The standard InChI is InChI=1S/C24H27ClN2O4/c1-15(12-22(30)31)11-21(29)23-18-13-17(25)14-26-24(18)27(2)19(23)9-6-10-20(28)16-7-4-3-5-8-16/h3-5,7-8,13-15,20,28H,6,9-12H2,1-2H3,(H,30,31). The summed E-state index contributed by atoms with van der Waals surface area (Å²) in [6.07, 6.45) is 2.88. The van der Waals surface area contributed by atoms with Gasteiger partial charge in [-0.3, -0.25) is 9.59 Å². The number of pyridine rings is 1. The summed E-state index contributed by atoms with van der Waals surface area (Å²) in [6.45, 7) is 1.76. The number of aliphatic hydroxyl groups is 1. The largest absolute Gasteiger partial charge is 0.481 e. The normalized spacial score (nSPS) is 13.3. The zero-order valence-electron chi connectivity index (χ0n) is 17.7. The van der Waals surface area contributed by atoms with Crippen LogP contribution >= 0.6 is 11.6 Å². The van der Waals surface area contributed by atoms with E-state index < -0.39 is 12.1 Å². The van der Waals surface area contributed by atoms with Gasteiger partial charge in [-0.2, -0.15) is 0 Å². The fourth-order valence-corrected chi connectivity index (χ4v) is 4.19. The van der Waals surface area contributed by atoms with Crippen molar-refractivity contribution in [2.24, 2.45) is 13.0 Å². The molecule has 0 aliphatic rings. The van der Waals surface area contributed by atoms with E-state index in [0.717, 1.165) is 11.3 Å². The Morgan fingerprint density at radius 1 is 1.19 bits per heavy atom. The molecule has 0 bridgehead atoms. The van der Waals surface area contributed by atoms with Crippen LogP contribution < -0.4 is 0 Å². The van der Waals surface area contributed by atoms with Crippen LogP contribution in [-0.4, -0.2) is 31.5 Å². The summed E-state index contributed by atoms with van der Waals surface area (Å²) >= 11 is 6.15. The smallest absolute Gasteiger partial charge is 0.303 e. The minimum Gasteiger partial charge on any atom is -0.481 e. The number of carboxylic acids is 1. The highest BCUT2D eigenvalue weighted by molar-refractivity contribution is 6.31. The van der Waals surface area contributed by atoms with Crippen molar-refractivity contribution in [3.8, 4) is 0 Å². The van der Waals surface area contributed by atoms with Crippen LogP contribution in [-0.2, 0) is 18.3 Å². The molecule has 0 radical (unpaired) electrons. The average molecular weight is 443 g/mol. The number of aliphatic carboxylic acids is 1. The Labute approximate surface area is 186 Å². The van der Waals surface area contributed by atoms with E-state index in [0.29, 0.717) is 40.9 Å². The van der Waals surface area contributed by atoms with Gasteiger partial charge < -0.3 is 14.8 Å². The molecule has 7 heteroatoms. The van der Waals surface area contributed by atoms with Gasteiger partial charge in [-0.1, -0.05) is 48.9 Å². The van der Waals surface area contributed by atoms with Crippen LogP contribution in [0.5, 0.6) is 0 Å². The SMILES string of the molecule is CC(CC(=O)O)CC(=O)c1c(CCCC(O)c2ccccc2)n(C)c2ncc(Cl)cc12. The first-order chi connectivity index (χ1) is 14.8. The molecule has 2 N–H and O–H groups in total. The lowest BCUT2D eigenvalue weighted by Gasteiger charge is -2.13. The Morgan fingerprint density at radius 2 is 1.90 bits per heavy atom. The number of hydrogen-bond donors (Lipinski definition) is 2. The molecule has 2 atom stereocenters. The second-order valence-corrected chi connectivity index (χ2v) is 8.49. The van der Waals surface area contributed by atoms with Crippen LogP contribution in [0.3, 0.4) is 0 Å². The lowest BCUT2D eigenvalue weighted by Crippen LogP contribution is -2.12. The number of aliphatic hydroxyl groups excluding tert-OH is 1. The number of nitrogens with zero attached hydrogens (tertiary/aromatic N) is 2. The third-order valence-corrected chi connectivity index (χ3v) is 5.73. The van der Waals surface area contributed by atoms with Gasteiger partial charge in [0.1, 0.15) is 5.65 Å². The molecule has 0 saturated carbocycles. The van der Waals surface area contributed by atoms with Crippen molar-refractivity contribution >= 4 is 34.4 Å². The predicted octanol–water partition coefficient (Wildman–Crippen LogP) is 4.97. The van der Waals surface area contributed by atoms with E-state index in [4.69, 9.17) is 16.7 Å². The Balaban J connectivity index is 1.85. The van der Waals surface area contributed by atoms with E-state index in [2.05, 4.69) is 4.98 Å². The van der Waals surface area contributed by atoms with Gasteiger partial charge in [0.05, 0.1) is 11.1 Å². The minimum atomic E-state index is -0.918. The summed E-state index contributed by atoms with van der Waals surface area (Å²) in [4.78, 5) is 28.6. The molecule has 2 unspecified atom stereocenters. The molecule has 0 aliphatic heterocycles. The number of carbonyl (C=O) groups excluding carboxylic acids is 1. The molecular weight excluding hydrogens is 416 g/mol. The Morgan fingerprint density at radius 3 is 2.58 bits per heavy atom. The highest BCUT2D eigenvalue weighted by Crippen LogP contribution is 2.30. The van der Waals surface area contributed by atoms with E-state index in [1.807, 2.05) is 41.9 Å². The summed E-state index contributed by atoms with van der Waals surface area (Å²) in [7, 11) is 1.86. The maximum absolute atomic E-state index is 13.2. The molecular formula is C24H27ClN2O4. The Kier molecular flexibility index (Phi) is 7.46. The maximum Gasteiger partial charge on any atom is 0.303 e. The Hall–Kier alpha value is -2.70. The third-order valence-electron chi connectivity index (χ3n) is 5.53. The quantitative estimate of drug-likeness (QED) is 0.432. The van der Waals surface area contributed by atoms with E-state index in [-0.39, 0.29) is 24.5 Å². The van der Waals surface area contributed by atoms with Crippen LogP contribution in [0.1, 0.15) is 60.3 Å². The topological polar surface area (TPSA) is 92.4 Å². The summed E-state index contributed by atoms with van der Waals surface area (Å²) in [5.41, 5.74) is 2.92. The van der Waals surface area contributed by atoms with Crippen LogP contribution in [0.2, 0.25) is 5.02 Å². The molecule has 0 saturated heterocycles. The van der Waals surface area contributed by atoms with Crippen LogP contribution in [0.25, 0.3) is 11.0 Å². The van der Waals surface area contributed by atoms with Gasteiger partial charge in [0.25, 0.3) is 0 Å². The molecule has 3 rings (SSSR count). The predicted molar refractivity (Wildman–Crippen MR) is 120 cm³/mol. The lowest BCUT2D eigenvalue weighted by atomic mass is 9.94. The molecule has 1 aromatic carbocycles. The lowest BCUT2D eigenvalue weighted by molar-refractivity contribution is -0.137. The fraction of sp³-hybridized carbons (Fsp3) is 0.375. The molecule has 164 valence electrons. The van der Waals surface area contributed by atoms with Gasteiger partial charge >= 0.3 is 5.97 Å². The first-order valence-electron chi connectivity index (χ1n) is 10.4. The first-order valence-corrected chi connectivity index (χ1v) is 10.8. The number of fused-ring (bicyclic) bond motifs is 1. The molecule has 3 aromatic rings. The number of hydrogen-bond acceptors (Lipinski definition) is 4. The Bertz CT molecular complexity index is 1080. The third kappa shape index (κ3) is 5.51. The summed E-state index contributed by atoms with van der Waals surface area (Å²) in [5.74, 6) is -1.31. The monoisotopic (exact) mass is 442 g/mol. The molecule has 6 nitrogen and oxygen atoms in total. The fourth-order valence-electron chi connectivity index (χ4n) is 4.03. The number of rotatable bonds is 10. The number of Topliss-reactive ketones (excluding diaryl/α,β-unsaturated/α-hetero) is 1. The number of carboxylic acid groups (broad SMARTS) is 1. The van der Waals surface area contributed by atoms with Crippen LogP contribution in [0.15, 0.2) is 42.6 Å². The van der Waals surface area contributed by atoms with Gasteiger partial charge in [-0.05, 0) is 36.8 Å². The van der Waals surface area contributed by atoms with E-state index in [9.17, 15) is 14.7 Å². The van der Waals surface area contributed by atoms with Crippen molar-refractivity contribution in [1.82, 2.24) is 9.55 Å². The van der Waals surface area contributed by atoms with E-state index in [1.54, 1.807) is 19.2 Å². The van der Waals surface area contributed by atoms with Crippen LogP contribution in [0.4, 0.5) is 0 Å². The van der Waals surface area contributed by atoms with Crippen molar-refractivity contribution in [2.45, 2.75) is 45.1 Å². The van der Waals surface area contributed by atoms with Gasteiger partial charge in [0.2, 0.25) is 0 Å². The van der Waals surface area contributed by atoms with Gasteiger partial charge in [0, 0.05) is 42.7 Å². The number of aromatic nitrogens is 2. The number of carbonyl (C=O) groups is 2. The molecule has 0 aliphatic carbocycles. The second kappa shape index (κ2) is 10.1. The van der Waals surface area contributed by atoms with Gasteiger partial charge in [-0.25, -0.2) is 4.98 Å². The number of benzene rings is 1. The van der Waals surface area contributed by atoms with Crippen molar-refractivity contribution < 1.29 is 19.8 Å². The summed E-state index contributed by atoms with van der Waals surface area (Å²) in [5, 5.41) is 20.6. The summed E-state index contributed by atoms with van der Waals surface area (Å²) in [6, 6.07) is 11.2. The molecule has 0 fully saturated rings.